The van der Waals surface area contributed by atoms with Gasteiger partial charge in [-0.25, -0.2) is 4.79 Å². The highest BCUT2D eigenvalue weighted by atomic mass is 16.6. The zero-order valence-electron chi connectivity index (χ0n) is 15.0. The van der Waals surface area contributed by atoms with Crippen molar-refractivity contribution >= 4 is 17.6 Å². The van der Waals surface area contributed by atoms with Crippen LogP contribution in [-0.4, -0.2) is 23.0 Å². The summed E-state index contributed by atoms with van der Waals surface area (Å²) in [5.41, 5.74) is 4.90. The summed E-state index contributed by atoms with van der Waals surface area (Å²) in [5, 5.41) is 2.67. The Labute approximate surface area is 144 Å². The number of hydrogen-bond donors (Lipinski definition) is 2. The zero-order chi connectivity index (χ0) is 18.5. The van der Waals surface area contributed by atoms with E-state index in [2.05, 4.69) is 11.2 Å². The van der Waals surface area contributed by atoms with E-state index < -0.39 is 23.0 Å². The van der Waals surface area contributed by atoms with E-state index in [1.165, 1.54) is 0 Å². The van der Waals surface area contributed by atoms with Crippen LogP contribution >= 0.6 is 0 Å². The van der Waals surface area contributed by atoms with E-state index in [0.29, 0.717) is 11.3 Å². The fourth-order valence-electron chi connectivity index (χ4n) is 2.17. The second kappa shape index (κ2) is 7.50. The summed E-state index contributed by atoms with van der Waals surface area (Å²) in [4.78, 5) is 25.2. The van der Waals surface area contributed by atoms with Gasteiger partial charge in [0, 0.05) is 11.3 Å². The van der Waals surface area contributed by atoms with Gasteiger partial charge >= 0.3 is 5.97 Å². The number of ether oxygens (including phenoxy) is 1. The molecule has 0 aromatic heterocycles. The zero-order valence-corrected chi connectivity index (χ0v) is 15.0. The standard InChI is InChI=1S/C19H26N2O3/c1-7-14-8-10-15(11-9-14)21-16(22)19(20,12-13(2)3)17(23)24-18(4,5)6/h1,8-11,13H,12,20H2,2-6H3,(H,21,22)/t19-/m0/s1. The molecule has 0 heterocycles. The maximum Gasteiger partial charge on any atom is 0.336 e. The molecule has 0 saturated heterocycles. The Bertz CT molecular complexity index is 636. The third-order valence-corrected chi connectivity index (χ3v) is 3.21. The van der Waals surface area contributed by atoms with Gasteiger partial charge < -0.3 is 15.8 Å². The maximum atomic E-state index is 12.7. The van der Waals surface area contributed by atoms with Gasteiger partial charge in [0.1, 0.15) is 5.60 Å². The summed E-state index contributed by atoms with van der Waals surface area (Å²) >= 11 is 0. The van der Waals surface area contributed by atoms with Crippen LogP contribution in [0.15, 0.2) is 24.3 Å². The Morgan fingerprint density at radius 2 is 1.79 bits per heavy atom. The summed E-state index contributed by atoms with van der Waals surface area (Å²) in [7, 11) is 0. The molecule has 0 aliphatic heterocycles. The SMILES string of the molecule is C#Cc1ccc(NC(=O)[C@@](N)(CC(C)C)C(=O)OC(C)(C)C)cc1. The Hall–Kier alpha value is -2.32. The Morgan fingerprint density at radius 3 is 2.21 bits per heavy atom. The lowest BCUT2D eigenvalue weighted by Crippen LogP contribution is -2.60. The summed E-state index contributed by atoms with van der Waals surface area (Å²) in [5.74, 6) is 1.20. The van der Waals surface area contributed by atoms with Crippen molar-refractivity contribution in [2.24, 2.45) is 11.7 Å². The molecule has 0 saturated carbocycles. The van der Waals surface area contributed by atoms with Crippen molar-refractivity contribution in [2.45, 2.75) is 52.2 Å². The first-order chi connectivity index (χ1) is 11.0. The topological polar surface area (TPSA) is 81.4 Å². The molecule has 24 heavy (non-hydrogen) atoms. The Kier molecular flexibility index (Phi) is 6.16. The van der Waals surface area contributed by atoms with Crippen molar-refractivity contribution in [2.75, 3.05) is 5.32 Å². The molecule has 0 aliphatic rings. The van der Waals surface area contributed by atoms with Gasteiger partial charge in [0.2, 0.25) is 0 Å². The first kappa shape index (κ1) is 19.7. The number of nitrogens with two attached hydrogens (primary N) is 1. The quantitative estimate of drug-likeness (QED) is 0.494. The number of hydrogen-bond acceptors (Lipinski definition) is 4. The largest absolute Gasteiger partial charge is 0.458 e. The van der Waals surface area contributed by atoms with Crippen LogP contribution < -0.4 is 11.1 Å². The maximum absolute atomic E-state index is 12.7. The van der Waals surface area contributed by atoms with Crippen molar-refractivity contribution in [3.63, 3.8) is 0 Å². The molecule has 1 aromatic rings. The second-order valence-corrected chi connectivity index (χ2v) is 7.25. The highest BCUT2D eigenvalue weighted by Crippen LogP contribution is 2.22. The normalized spacial score (nSPS) is 13.8. The van der Waals surface area contributed by atoms with Crippen LogP contribution in [-0.2, 0) is 14.3 Å². The van der Waals surface area contributed by atoms with Crippen molar-refractivity contribution in [1.29, 1.82) is 0 Å². The van der Waals surface area contributed by atoms with E-state index >= 15 is 0 Å². The van der Waals surface area contributed by atoms with Gasteiger partial charge in [0.25, 0.3) is 5.91 Å². The molecular weight excluding hydrogens is 304 g/mol. The molecule has 1 atom stereocenters. The molecular formula is C19H26N2O3. The number of anilines is 1. The molecule has 5 nitrogen and oxygen atoms in total. The number of benzene rings is 1. The van der Waals surface area contributed by atoms with Gasteiger partial charge in [0.05, 0.1) is 0 Å². The van der Waals surface area contributed by atoms with Crippen LogP contribution in [0.1, 0.15) is 46.6 Å². The van der Waals surface area contributed by atoms with E-state index in [1.54, 1.807) is 45.0 Å². The number of carbonyl (C=O) groups excluding carboxylic acids is 2. The van der Waals surface area contributed by atoms with Crippen LogP contribution in [0, 0.1) is 18.3 Å². The molecule has 1 aromatic carbocycles. The number of esters is 1. The fourth-order valence-corrected chi connectivity index (χ4v) is 2.17. The third kappa shape index (κ3) is 5.39. The summed E-state index contributed by atoms with van der Waals surface area (Å²) in [6.07, 6.45) is 5.48. The second-order valence-electron chi connectivity index (χ2n) is 7.25. The summed E-state index contributed by atoms with van der Waals surface area (Å²) < 4.78 is 5.35. The van der Waals surface area contributed by atoms with Crippen molar-refractivity contribution < 1.29 is 14.3 Å². The molecule has 1 rings (SSSR count). The molecule has 0 unspecified atom stereocenters. The monoisotopic (exact) mass is 330 g/mol. The van der Waals surface area contributed by atoms with Crippen LogP contribution in [0.5, 0.6) is 0 Å². The van der Waals surface area contributed by atoms with E-state index in [4.69, 9.17) is 16.9 Å². The molecule has 3 N–H and O–H groups in total. The lowest BCUT2D eigenvalue weighted by atomic mass is 9.88. The highest BCUT2D eigenvalue weighted by Gasteiger charge is 2.45. The number of carbonyl (C=O) groups is 2. The predicted octanol–water partition coefficient (Wildman–Crippen LogP) is 2.69. The third-order valence-electron chi connectivity index (χ3n) is 3.21. The molecule has 0 spiro atoms. The van der Waals surface area contributed by atoms with E-state index in [0.717, 1.165) is 0 Å². The van der Waals surface area contributed by atoms with E-state index in [1.807, 2.05) is 13.8 Å². The van der Waals surface area contributed by atoms with Gasteiger partial charge in [-0.15, -0.1) is 6.42 Å². The summed E-state index contributed by atoms with van der Waals surface area (Å²) in [6, 6.07) is 6.73. The average molecular weight is 330 g/mol. The van der Waals surface area contributed by atoms with Gasteiger partial charge in [0.15, 0.2) is 5.54 Å². The van der Waals surface area contributed by atoms with Crippen molar-refractivity contribution in [3.05, 3.63) is 29.8 Å². The van der Waals surface area contributed by atoms with Crippen LogP contribution in [0.2, 0.25) is 0 Å². The minimum atomic E-state index is -1.76. The van der Waals surface area contributed by atoms with Gasteiger partial charge in [-0.2, -0.15) is 0 Å². The molecule has 1 amide bonds. The van der Waals surface area contributed by atoms with Gasteiger partial charge in [-0.3, -0.25) is 4.79 Å². The lowest BCUT2D eigenvalue weighted by molar-refractivity contribution is -0.164. The molecule has 130 valence electrons. The predicted molar refractivity (Wildman–Crippen MR) is 95.2 cm³/mol. The van der Waals surface area contributed by atoms with Gasteiger partial charge in [-0.1, -0.05) is 19.8 Å². The molecule has 0 radical (unpaired) electrons. The number of rotatable bonds is 5. The lowest BCUT2D eigenvalue weighted by Gasteiger charge is -2.31. The van der Waals surface area contributed by atoms with E-state index in [9.17, 15) is 9.59 Å². The van der Waals surface area contributed by atoms with Crippen LogP contribution in [0.25, 0.3) is 0 Å². The minimum Gasteiger partial charge on any atom is -0.458 e. The number of amides is 1. The first-order valence-corrected chi connectivity index (χ1v) is 7.88. The number of terminal acetylenes is 1. The Morgan fingerprint density at radius 1 is 1.25 bits per heavy atom. The minimum absolute atomic E-state index is 0.0390. The van der Waals surface area contributed by atoms with E-state index in [-0.39, 0.29) is 12.3 Å². The molecule has 0 bridgehead atoms. The smallest absolute Gasteiger partial charge is 0.336 e. The van der Waals surface area contributed by atoms with Crippen molar-refractivity contribution in [1.82, 2.24) is 0 Å². The molecule has 5 heteroatoms. The highest BCUT2D eigenvalue weighted by molar-refractivity contribution is 6.13. The average Bonchev–Trinajstić information content (AvgIpc) is 2.45. The van der Waals surface area contributed by atoms with Crippen LogP contribution in [0.3, 0.4) is 0 Å². The first-order valence-electron chi connectivity index (χ1n) is 7.88. The Balaban J connectivity index is 3.03. The van der Waals surface area contributed by atoms with Crippen molar-refractivity contribution in [3.8, 4) is 12.3 Å². The molecule has 0 fully saturated rings. The fraction of sp³-hybridized carbons (Fsp3) is 0.474. The van der Waals surface area contributed by atoms with Gasteiger partial charge in [-0.05, 0) is 57.4 Å². The number of nitrogens with one attached hydrogen (secondary N) is 1. The van der Waals surface area contributed by atoms with Crippen LogP contribution in [0.4, 0.5) is 5.69 Å². The molecule has 0 aliphatic carbocycles. The summed E-state index contributed by atoms with van der Waals surface area (Å²) in [6.45, 7) is 8.98.